The monoisotopic (exact) mass is 447 g/mol. The number of nitrogens with two attached hydrogens (primary N) is 1. The predicted molar refractivity (Wildman–Crippen MR) is 119 cm³/mol. The number of halogens is 1. The Bertz CT molecular complexity index is 1230. The molecule has 0 atom stereocenters. The average molecular weight is 448 g/mol. The summed E-state index contributed by atoms with van der Waals surface area (Å²) in [5, 5.41) is 6.72. The first-order chi connectivity index (χ1) is 14.1. The molecular weight excluding hydrogens is 430 g/mol. The lowest BCUT2D eigenvalue weighted by atomic mass is 10.1. The SMILES string of the molecule is Cc1ccc(NC(=O)C(=NN)c2c(-c3ccccc3)nc3ccccn23)c(Br)c1. The van der Waals surface area contributed by atoms with Crippen molar-refractivity contribution in [2.75, 3.05) is 5.32 Å². The molecule has 4 rings (SSSR count). The fraction of sp³-hybridized carbons (Fsp3) is 0.0455. The van der Waals surface area contributed by atoms with Crippen molar-refractivity contribution in [1.82, 2.24) is 9.38 Å². The summed E-state index contributed by atoms with van der Waals surface area (Å²) < 4.78 is 2.60. The van der Waals surface area contributed by atoms with Crippen LogP contribution in [0, 0.1) is 6.92 Å². The van der Waals surface area contributed by atoms with E-state index in [1.54, 1.807) is 0 Å². The van der Waals surface area contributed by atoms with Gasteiger partial charge in [-0.2, -0.15) is 5.10 Å². The van der Waals surface area contributed by atoms with Gasteiger partial charge in [-0.3, -0.25) is 9.20 Å². The summed E-state index contributed by atoms with van der Waals surface area (Å²) in [4.78, 5) is 17.8. The highest BCUT2D eigenvalue weighted by Gasteiger charge is 2.24. The third-order valence-corrected chi connectivity index (χ3v) is 5.17. The normalized spacial score (nSPS) is 11.6. The van der Waals surface area contributed by atoms with Gasteiger partial charge in [-0.15, -0.1) is 0 Å². The van der Waals surface area contributed by atoms with E-state index in [0.717, 1.165) is 15.6 Å². The molecule has 144 valence electrons. The second-order valence-corrected chi connectivity index (χ2v) is 7.37. The fourth-order valence-electron chi connectivity index (χ4n) is 3.15. The minimum Gasteiger partial charge on any atom is -0.322 e. The zero-order chi connectivity index (χ0) is 20.4. The Morgan fingerprint density at radius 1 is 1.10 bits per heavy atom. The lowest BCUT2D eigenvalue weighted by molar-refractivity contribution is -0.110. The van der Waals surface area contributed by atoms with Crippen molar-refractivity contribution in [2.45, 2.75) is 6.92 Å². The molecule has 1 amide bonds. The van der Waals surface area contributed by atoms with Crippen molar-refractivity contribution in [3.63, 3.8) is 0 Å². The molecule has 0 aliphatic heterocycles. The molecule has 0 spiro atoms. The second-order valence-electron chi connectivity index (χ2n) is 6.52. The number of hydrogen-bond donors (Lipinski definition) is 2. The zero-order valence-corrected chi connectivity index (χ0v) is 17.2. The molecule has 2 aromatic heterocycles. The summed E-state index contributed by atoms with van der Waals surface area (Å²) in [6.45, 7) is 1.98. The summed E-state index contributed by atoms with van der Waals surface area (Å²) >= 11 is 3.48. The van der Waals surface area contributed by atoms with Gasteiger partial charge in [0, 0.05) is 16.2 Å². The number of nitrogens with one attached hydrogen (secondary N) is 1. The number of nitrogens with zero attached hydrogens (tertiary/aromatic N) is 3. The highest BCUT2D eigenvalue weighted by Crippen LogP contribution is 2.27. The van der Waals surface area contributed by atoms with Crippen LogP contribution in [0.15, 0.2) is 82.5 Å². The molecule has 29 heavy (non-hydrogen) atoms. The van der Waals surface area contributed by atoms with E-state index in [0.29, 0.717) is 22.7 Å². The molecule has 2 heterocycles. The maximum atomic E-state index is 13.1. The van der Waals surface area contributed by atoms with E-state index < -0.39 is 5.91 Å². The number of hydrazone groups is 1. The Balaban J connectivity index is 1.82. The molecule has 7 heteroatoms. The number of carbonyl (C=O) groups is 1. The summed E-state index contributed by atoms with van der Waals surface area (Å²) in [7, 11) is 0. The van der Waals surface area contributed by atoms with Gasteiger partial charge in [-0.1, -0.05) is 42.5 Å². The van der Waals surface area contributed by atoms with Gasteiger partial charge in [-0.05, 0) is 52.7 Å². The zero-order valence-electron chi connectivity index (χ0n) is 15.6. The number of fused-ring (bicyclic) bond motifs is 1. The Hall–Kier alpha value is -3.45. The van der Waals surface area contributed by atoms with Gasteiger partial charge < -0.3 is 11.2 Å². The van der Waals surface area contributed by atoms with Crippen molar-refractivity contribution in [2.24, 2.45) is 10.9 Å². The van der Waals surface area contributed by atoms with Gasteiger partial charge >= 0.3 is 0 Å². The molecule has 0 saturated heterocycles. The minimum absolute atomic E-state index is 0.0926. The predicted octanol–water partition coefficient (Wildman–Crippen LogP) is 4.37. The number of amides is 1. The number of anilines is 1. The molecule has 0 unspecified atom stereocenters. The topological polar surface area (TPSA) is 84.8 Å². The van der Waals surface area contributed by atoms with Crippen molar-refractivity contribution in [3.8, 4) is 11.3 Å². The highest BCUT2D eigenvalue weighted by atomic mass is 79.9. The van der Waals surface area contributed by atoms with E-state index in [9.17, 15) is 4.79 Å². The van der Waals surface area contributed by atoms with Gasteiger partial charge in [0.05, 0.1) is 11.4 Å². The first kappa shape index (κ1) is 18.9. The number of hydrogen-bond acceptors (Lipinski definition) is 4. The summed E-state index contributed by atoms with van der Waals surface area (Å²) in [5.74, 6) is 5.28. The van der Waals surface area contributed by atoms with Crippen LogP contribution in [0.5, 0.6) is 0 Å². The van der Waals surface area contributed by atoms with Crippen LogP contribution in [0.4, 0.5) is 5.69 Å². The quantitative estimate of drug-likeness (QED) is 0.276. The van der Waals surface area contributed by atoms with Gasteiger partial charge in [-0.25, -0.2) is 4.98 Å². The molecule has 0 aliphatic carbocycles. The molecule has 4 aromatic rings. The van der Waals surface area contributed by atoms with Crippen LogP contribution < -0.4 is 11.2 Å². The van der Waals surface area contributed by atoms with Gasteiger partial charge in [0.25, 0.3) is 5.91 Å². The van der Waals surface area contributed by atoms with Crippen LogP contribution in [-0.2, 0) is 4.79 Å². The van der Waals surface area contributed by atoms with Crippen LogP contribution in [0.1, 0.15) is 11.3 Å². The van der Waals surface area contributed by atoms with E-state index in [1.807, 2.05) is 84.3 Å². The molecule has 6 nitrogen and oxygen atoms in total. The number of aryl methyl sites for hydroxylation is 1. The summed E-state index contributed by atoms with van der Waals surface area (Å²) in [6, 6.07) is 21.0. The summed E-state index contributed by atoms with van der Waals surface area (Å²) in [5.41, 5.74) is 4.56. The lowest BCUT2D eigenvalue weighted by Gasteiger charge is -2.11. The Morgan fingerprint density at radius 2 is 1.86 bits per heavy atom. The van der Waals surface area contributed by atoms with E-state index >= 15 is 0 Å². The van der Waals surface area contributed by atoms with Crippen molar-refractivity contribution >= 4 is 38.9 Å². The van der Waals surface area contributed by atoms with Crippen LogP contribution in [0.3, 0.4) is 0 Å². The Labute approximate surface area is 176 Å². The number of benzene rings is 2. The molecule has 0 fully saturated rings. The van der Waals surface area contributed by atoms with E-state index in [1.165, 1.54) is 0 Å². The van der Waals surface area contributed by atoms with Crippen molar-refractivity contribution < 1.29 is 4.79 Å². The number of rotatable bonds is 4. The largest absolute Gasteiger partial charge is 0.322 e. The highest BCUT2D eigenvalue weighted by molar-refractivity contribution is 9.10. The number of carbonyl (C=O) groups excluding carboxylic acids is 1. The third-order valence-electron chi connectivity index (χ3n) is 4.52. The standard InChI is InChI=1S/C22H18BrN5O/c1-14-10-11-17(16(23)13-14)25-22(29)20(27-24)21-19(15-7-3-2-4-8-15)26-18-9-5-6-12-28(18)21/h2-13H,24H2,1H3,(H,25,29). The first-order valence-electron chi connectivity index (χ1n) is 8.96. The van der Waals surface area contributed by atoms with E-state index in [4.69, 9.17) is 10.8 Å². The number of imidazole rings is 1. The molecule has 2 aromatic carbocycles. The molecule has 0 bridgehead atoms. The van der Waals surface area contributed by atoms with Gasteiger partial charge in [0.2, 0.25) is 0 Å². The first-order valence-corrected chi connectivity index (χ1v) is 9.76. The second kappa shape index (κ2) is 7.89. The maximum Gasteiger partial charge on any atom is 0.278 e. The number of pyridine rings is 1. The Kier molecular flexibility index (Phi) is 5.14. The third kappa shape index (κ3) is 3.64. The van der Waals surface area contributed by atoms with Crippen LogP contribution in [-0.4, -0.2) is 21.0 Å². The van der Waals surface area contributed by atoms with Gasteiger partial charge in [0.1, 0.15) is 11.3 Å². The molecule has 0 aliphatic rings. The number of aromatic nitrogens is 2. The molecular formula is C22H18BrN5O. The van der Waals surface area contributed by atoms with E-state index in [2.05, 4.69) is 26.3 Å². The van der Waals surface area contributed by atoms with Crippen LogP contribution >= 0.6 is 15.9 Å². The molecule has 0 saturated carbocycles. The molecule has 3 N–H and O–H groups in total. The van der Waals surface area contributed by atoms with Crippen molar-refractivity contribution in [1.29, 1.82) is 0 Å². The minimum atomic E-state index is -0.417. The fourth-order valence-corrected chi connectivity index (χ4v) is 3.74. The van der Waals surface area contributed by atoms with Crippen molar-refractivity contribution in [3.05, 3.63) is 88.7 Å². The van der Waals surface area contributed by atoms with Crippen LogP contribution in [0.25, 0.3) is 16.9 Å². The lowest BCUT2D eigenvalue weighted by Crippen LogP contribution is -2.27. The Morgan fingerprint density at radius 3 is 2.59 bits per heavy atom. The average Bonchev–Trinajstić information content (AvgIpc) is 3.11. The van der Waals surface area contributed by atoms with Crippen LogP contribution in [0.2, 0.25) is 0 Å². The van der Waals surface area contributed by atoms with Gasteiger partial charge in [0.15, 0.2) is 5.71 Å². The smallest absolute Gasteiger partial charge is 0.278 e. The van der Waals surface area contributed by atoms with E-state index in [-0.39, 0.29) is 5.71 Å². The maximum absolute atomic E-state index is 13.1. The molecule has 0 radical (unpaired) electrons. The summed E-state index contributed by atoms with van der Waals surface area (Å²) in [6.07, 6.45) is 1.84.